The van der Waals surface area contributed by atoms with Crippen molar-refractivity contribution >= 4 is 24.8 Å². The number of hydrogen-bond donors (Lipinski definition) is 1. The zero-order chi connectivity index (χ0) is 13.9. The van der Waals surface area contributed by atoms with E-state index < -0.39 is 6.36 Å². The molecular formula is C13H13Cl2F3N2O. The third-order valence-electron chi connectivity index (χ3n) is 2.45. The Morgan fingerprint density at radius 2 is 1.76 bits per heavy atom. The third-order valence-corrected chi connectivity index (χ3v) is 2.45. The molecule has 0 saturated carbocycles. The van der Waals surface area contributed by atoms with E-state index in [0.717, 1.165) is 5.56 Å². The number of halogens is 5. The average molecular weight is 341 g/mol. The molecule has 21 heavy (non-hydrogen) atoms. The highest BCUT2D eigenvalue weighted by Gasteiger charge is 2.32. The number of nitrogens with two attached hydrogens (primary N) is 1. The van der Waals surface area contributed by atoms with Gasteiger partial charge in [-0.3, -0.25) is 4.98 Å². The lowest BCUT2D eigenvalue weighted by molar-refractivity contribution is -0.274. The van der Waals surface area contributed by atoms with Gasteiger partial charge in [0, 0.05) is 30.1 Å². The molecule has 0 aliphatic heterocycles. The number of pyridine rings is 1. The molecule has 2 rings (SSSR count). The molecule has 0 aliphatic carbocycles. The molecule has 0 spiro atoms. The van der Waals surface area contributed by atoms with Crippen molar-refractivity contribution in [1.82, 2.24) is 4.98 Å². The number of para-hydroxylation sites is 1. The van der Waals surface area contributed by atoms with Crippen molar-refractivity contribution in [1.29, 1.82) is 0 Å². The van der Waals surface area contributed by atoms with Gasteiger partial charge in [-0.1, -0.05) is 18.2 Å². The van der Waals surface area contributed by atoms with Gasteiger partial charge in [0.1, 0.15) is 5.75 Å². The molecule has 0 radical (unpaired) electrons. The van der Waals surface area contributed by atoms with Crippen molar-refractivity contribution in [3.8, 4) is 16.9 Å². The summed E-state index contributed by atoms with van der Waals surface area (Å²) in [6.45, 7) is 0.267. The molecule has 0 unspecified atom stereocenters. The molecule has 0 saturated heterocycles. The van der Waals surface area contributed by atoms with Gasteiger partial charge in [-0.2, -0.15) is 0 Å². The van der Waals surface area contributed by atoms with Crippen LogP contribution >= 0.6 is 24.8 Å². The Balaban J connectivity index is 0.00000200. The van der Waals surface area contributed by atoms with E-state index in [0.29, 0.717) is 11.1 Å². The van der Waals surface area contributed by atoms with Crippen LogP contribution in [0.2, 0.25) is 0 Å². The molecule has 0 bridgehead atoms. The number of alkyl halides is 3. The van der Waals surface area contributed by atoms with Crippen molar-refractivity contribution in [3.05, 3.63) is 48.3 Å². The standard InChI is InChI=1S/C13H11F3N2O.2ClH/c14-13(15,16)19-12-4-2-1-3-11(12)10-5-9(6-17)7-18-8-10;;/h1-5,7-8H,6,17H2;2*1H. The smallest absolute Gasteiger partial charge is 0.405 e. The fourth-order valence-corrected chi connectivity index (χ4v) is 1.67. The van der Waals surface area contributed by atoms with Crippen LogP contribution in [0.1, 0.15) is 5.56 Å². The number of rotatable bonds is 3. The molecule has 2 N–H and O–H groups in total. The fraction of sp³-hybridized carbons (Fsp3) is 0.154. The number of hydrogen-bond acceptors (Lipinski definition) is 3. The summed E-state index contributed by atoms with van der Waals surface area (Å²) in [5.41, 5.74) is 7.07. The van der Waals surface area contributed by atoms with Crippen LogP contribution in [-0.2, 0) is 6.54 Å². The summed E-state index contributed by atoms with van der Waals surface area (Å²) < 4.78 is 41.0. The maximum atomic E-state index is 12.3. The molecule has 0 aliphatic rings. The first-order chi connectivity index (χ1) is 8.99. The lowest BCUT2D eigenvalue weighted by atomic mass is 10.1. The maximum absolute atomic E-state index is 12.3. The minimum Gasteiger partial charge on any atom is -0.405 e. The fourth-order valence-electron chi connectivity index (χ4n) is 1.67. The van der Waals surface area contributed by atoms with Gasteiger partial charge in [0.15, 0.2) is 0 Å². The van der Waals surface area contributed by atoms with Crippen LogP contribution in [0.25, 0.3) is 11.1 Å². The van der Waals surface area contributed by atoms with E-state index in [1.165, 1.54) is 18.3 Å². The molecule has 1 aromatic heterocycles. The topological polar surface area (TPSA) is 48.1 Å². The first-order valence-electron chi connectivity index (χ1n) is 5.49. The quantitative estimate of drug-likeness (QED) is 0.920. The molecule has 0 fully saturated rings. The highest BCUT2D eigenvalue weighted by atomic mass is 35.5. The summed E-state index contributed by atoms with van der Waals surface area (Å²) in [4.78, 5) is 3.95. The maximum Gasteiger partial charge on any atom is 0.573 e. The van der Waals surface area contributed by atoms with Gasteiger partial charge in [-0.05, 0) is 17.7 Å². The first-order valence-corrected chi connectivity index (χ1v) is 5.49. The van der Waals surface area contributed by atoms with E-state index in [4.69, 9.17) is 5.73 Å². The van der Waals surface area contributed by atoms with E-state index in [1.807, 2.05) is 0 Å². The zero-order valence-electron chi connectivity index (χ0n) is 10.6. The molecular weight excluding hydrogens is 328 g/mol. The van der Waals surface area contributed by atoms with Crippen LogP contribution in [0.5, 0.6) is 5.75 Å². The van der Waals surface area contributed by atoms with Crippen LogP contribution < -0.4 is 10.5 Å². The molecule has 0 amide bonds. The second kappa shape index (κ2) is 8.07. The zero-order valence-corrected chi connectivity index (χ0v) is 12.3. The van der Waals surface area contributed by atoms with Gasteiger partial charge in [-0.15, -0.1) is 38.0 Å². The Hall–Kier alpha value is -1.50. The van der Waals surface area contributed by atoms with E-state index in [-0.39, 0.29) is 37.1 Å². The molecule has 3 nitrogen and oxygen atoms in total. The van der Waals surface area contributed by atoms with Crippen molar-refractivity contribution < 1.29 is 17.9 Å². The van der Waals surface area contributed by atoms with Crippen LogP contribution in [0.15, 0.2) is 42.7 Å². The monoisotopic (exact) mass is 340 g/mol. The second-order valence-corrected chi connectivity index (χ2v) is 3.83. The number of nitrogens with zero attached hydrogens (tertiary/aromatic N) is 1. The van der Waals surface area contributed by atoms with E-state index in [1.54, 1.807) is 24.4 Å². The average Bonchev–Trinajstić information content (AvgIpc) is 2.37. The Morgan fingerprint density at radius 3 is 2.38 bits per heavy atom. The summed E-state index contributed by atoms with van der Waals surface area (Å²) >= 11 is 0. The summed E-state index contributed by atoms with van der Waals surface area (Å²) in [6, 6.07) is 7.60. The summed E-state index contributed by atoms with van der Waals surface area (Å²) in [7, 11) is 0. The largest absolute Gasteiger partial charge is 0.573 e. The third kappa shape index (κ3) is 5.41. The van der Waals surface area contributed by atoms with E-state index in [2.05, 4.69) is 9.72 Å². The van der Waals surface area contributed by atoms with E-state index in [9.17, 15) is 13.2 Å². The Kier molecular flexibility index (Phi) is 7.49. The minimum absolute atomic E-state index is 0. The minimum atomic E-state index is -4.73. The van der Waals surface area contributed by atoms with Crippen molar-refractivity contribution in [2.24, 2.45) is 5.73 Å². The number of ether oxygens (including phenoxy) is 1. The Bertz CT molecular complexity index is 579. The number of aromatic nitrogens is 1. The lowest BCUT2D eigenvalue weighted by Gasteiger charge is -2.13. The van der Waals surface area contributed by atoms with Crippen molar-refractivity contribution in [2.75, 3.05) is 0 Å². The predicted molar refractivity (Wildman–Crippen MR) is 78.7 cm³/mol. The molecule has 0 atom stereocenters. The highest BCUT2D eigenvalue weighted by Crippen LogP contribution is 2.33. The SMILES string of the molecule is Cl.Cl.NCc1cncc(-c2ccccc2OC(F)(F)F)c1. The molecule has 1 heterocycles. The van der Waals surface area contributed by atoms with Gasteiger partial charge in [0.2, 0.25) is 0 Å². The summed E-state index contributed by atoms with van der Waals surface area (Å²) in [5.74, 6) is -0.258. The molecule has 2 aromatic rings. The Labute approximate surface area is 132 Å². The van der Waals surface area contributed by atoms with Gasteiger partial charge in [-0.25, -0.2) is 0 Å². The van der Waals surface area contributed by atoms with Crippen molar-refractivity contribution in [2.45, 2.75) is 12.9 Å². The Morgan fingerprint density at radius 1 is 1.10 bits per heavy atom. The first kappa shape index (κ1) is 19.5. The summed E-state index contributed by atoms with van der Waals surface area (Å²) in [6.07, 6.45) is -1.69. The van der Waals surface area contributed by atoms with Crippen molar-refractivity contribution in [3.63, 3.8) is 0 Å². The highest BCUT2D eigenvalue weighted by molar-refractivity contribution is 5.85. The summed E-state index contributed by atoms with van der Waals surface area (Å²) in [5, 5.41) is 0. The lowest BCUT2D eigenvalue weighted by Crippen LogP contribution is -2.17. The van der Waals surface area contributed by atoms with Gasteiger partial charge in [0.05, 0.1) is 0 Å². The van der Waals surface area contributed by atoms with Gasteiger partial charge < -0.3 is 10.5 Å². The van der Waals surface area contributed by atoms with Crippen LogP contribution in [0.3, 0.4) is 0 Å². The molecule has 116 valence electrons. The van der Waals surface area contributed by atoms with Gasteiger partial charge in [0.25, 0.3) is 0 Å². The molecule has 1 aromatic carbocycles. The normalized spacial score (nSPS) is 10.3. The van der Waals surface area contributed by atoms with Crippen LogP contribution in [0, 0.1) is 0 Å². The second-order valence-electron chi connectivity index (χ2n) is 3.83. The number of benzene rings is 1. The van der Waals surface area contributed by atoms with Crippen LogP contribution in [-0.4, -0.2) is 11.3 Å². The molecule has 8 heteroatoms. The predicted octanol–water partition coefficient (Wildman–Crippen LogP) is 3.95. The van der Waals surface area contributed by atoms with E-state index >= 15 is 0 Å². The van der Waals surface area contributed by atoms with Crippen LogP contribution in [0.4, 0.5) is 13.2 Å². The van der Waals surface area contributed by atoms with Gasteiger partial charge >= 0.3 is 6.36 Å².